The minimum absolute atomic E-state index is 0.256. The Bertz CT molecular complexity index is 229. The van der Waals surface area contributed by atoms with E-state index in [2.05, 4.69) is 19.2 Å². The zero-order valence-electron chi connectivity index (χ0n) is 12.3. The second-order valence-corrected chi connectivity index (χ2v) is 6.54. The average molecular weight is 253 g/mol. The van der Waals surface area contributed by atoms with E-state index in [1.54, 1.807) is 0 Å². The van der Waals surface area contributed by atoms with Crippen LogP contribution in [0.1, 0.15) is 71.6 Å². The molecule has 0 unspecified atom stereocenters. The first kappa shape index (κ1) is 14.3. The van der Waals surface area contributed by atoms with Crippen LogP contribution in [0.15, 0.2) is 0 Å². The lowest BCUT2D eigenvalue weighted by Crippen LogP contribution is -2.45. The summed E-state index contributed by atoms with van der Waals surface area (Å²) in [5, 5.41) is 3.52. The summed E-state index contributed by atoms with van der Waals surface area (Å²) in [4.78, 5) is 0. The van der Waals surface area contributed by atoms with Gasteiger partial charge in [-0.15, -0.1) is 0 Å². The third kappa shape index (κ3) is 3.96. The highest BCUT2D eigenvalue weighted by molar-refractivity contribution is 4.92. The molecule has 0 heterocycles. The van der Waals surface area contributed by atoms with Crippen molar-refractivity contribution >= 4 is 0 Å². The van der Waals surface area contributed by atoms with Gasteiger partial charge in [0.2, 0.25) is 0 Å². The number of nitrogens with one attached hydrogen (secondary N) is 1. The molecule has 2 fully saturated rings. The van der Waals surface area contributed by atoms with Gasteiger partial charge in [-0.25, -0.2) is 0 Å². The molecule has 0 aromatic heterocycles. The van der Waals surface area contributed by atoms with E-state index in [0.717, 1.165) is 19.0 Å². The van der Waals surface area contributed by atoms with E-state index in [0.29, 0.717) is 6.10 Å². The second-order valence-electron chi connectivity index (χ2n) is 6.54. The Kier molecular flexibility index (Phi) is 5.50. The van der Waals surface area contributed by atoms with Crippen LogP contribution in [0.4, 0.5) is 0 Å². The Morgan fingerprint density at radius 3 is 2.39 bits per heavy atom. The molecule has 2 nitrogen and oxygen atoms in total. The van der Waals surface area contributed by atoms with Gasteiger partial charge in [0.25, 0.3) is 0 Å². The standard InChI is InChI=1S/C16H31NO/c1-3-12-17-13-11-16(9-4-10-16)18-15-7-5-14(2)6-8-15/h14-15,17H,3-13H2,1-2H3. The van der Waals surface area contributed by atoms with Crippen molar-refractivity contribution in [2.24, 2.45) is 5.92 Å². The van der Waals surface area contributed by atoms with E-state index >= 15 is 0 Å². The predicted molar refractivity (Wildman–Crippen MR) is 76.9 cm³/mol. The zero-order chi connectivity index (χ0) is 12.8. The maximum absolute atomic E-state index is 6.50. The Morgan fingerprint density at radius 2 is 1.83 bits per heavy atom. The zero-order valence-corrected chi connectivity index (χ0v) is 12.3. The summed E-state index contributed by atoms with van der Waals surface area (Å²) in [6.07, 6.45) is 12.3. The molecule has 2 rings (SSSR count). The van der Waals surface area contributed by atoms with Gasteiger partial charge in [-0.3, -0.25) is 0 Å². The van der Waals surface area contributed by atoms with E-state index < -0.39 is 0 Å². The van der Waals surface area contributed by atoms with Crippen molar-refractivity contribution in [1.82, 2.24) is 5.32 Å². The fourth-order valence-corrected chi connectivity index (χ4v) is 3.32. The summed E-state index contributed by atoms with van der Waals surface area (Å²) in [6.45, 7) is 6.89. The van der Waals surface area contributed by atoms with Crippen LogP contribution in [-0.4, -0.2) is 24.8 Å². The Balaban J connectivity index is 1.70. The fraction of sp³-hybridized carbons (Fsp3) is 1.00. The van der Waals surface area contributed by atoms with Gasteiger partial charge in [0.05, 0.1) is 11.7 Å². The number of hydrogen-bond acceptors (Lipinski definition) is 2. The quantitative estimate of drug-likeness (QED) is 0.695. The molecule has 0 bridgehead atoms. The Labute approximate surface area is 113 Å². The van der Waals surface area contributed by atoms with E-state index in [1.807, 2.05) is 0 Å². The molecule has 2 aliphatic rings. The summed E-state index contributed by atoms with van der Waals surface area (Å²) < 4.78 is 6.50. The van der Waals surface area contributed by atoms with Gasteiger partial charge < -0.3 is 10.1 Å². The predicted octanol–water partition coefficient (Wildman–Crippen LogP) is 3.89. The highest BCUT2D eigenvalue weighted by Gasteiger charge is 2.39. The van der Waals surface area contributed by atoms with Gasteiger partial charge in [0, 0.05) is 0 Å². The van der Waals surface area contributed by atoms with E-state index in [4.69, 9.17) is 4.74 Å². The largest absolute Gasteiger partial charge is 0.372 e. The molecule has 0 amide bonds. The molecule has 0 atom stereocenters. The van der Waals surface area contributed by atoms with Crippen LogP contribution in [0, 0.1) is 5.92 Å². The Hall–Kier alpha value is -0.0800. The maximum Gasteiger partial charge on any atom is 0.0698 e. The molecule has 0 aliphatic heterocycles. The van der Waals surface area contributed by atoms with Crippen LogP contribution >= 0.6 is 0 Å². The highest BCUT2D eigenvalue weighted by Crippen LogP contribution is 2.41. The first-order valence-electron chi connectivity index (χ1n) is 8.13. The summed E-state index contributed by atoms with van der Waals surface area (Å²) in [5.74, 6) is 0.924. The lowest BCUT2D eigenvalue weighted by Gasteiger charge is -2.45. The van der Waals surface area contributed by atoms with Crippen LogP contribution in [0.5, 0.6) is 0 Å². The molecule has 106 valence electrons. The van der Waals surface area contributed by atoms with Crippen LogP contribution in [0.2, 0.25) is 0 Å². The van der Waals surface area contributed by atoms with Gasteiger partial charge >= 0.3 is 0 Å². The number of rotatable bonds is 7. The van der Waals surface area contributed by atoms with Gasteiger partial charge in [-0.05, 0) is 76.8 Å². The minimum Gasteiger partial charge on any atom is -0.372 e. The van der Waals surface area contributed by atoms with Gasteiger partial charge in [0.1, 0.15) is 0 Å². The molecule has 2 aliphatic carbocycles. The number of ether oxygens (including phenoxy) is 1. The maximum atomic E-state index is 6.50. The monoisotopic (exact) mass is 253 g/mol. The van der Waals surface area contributed by atoms with Crippen molar-refractivity contribution in [2.75, 3.05) is 13.1 Å². The minimum atomic E-state index is 0.256. The SMILES string of the molecule is CCCNCCC1(OC2CCC(C)CC2)CCC1. The molecule has 0 radical (unpaired) electrons. The first-order valence-corrected chi connectivity index (χ1v) is 8.13. The molecule has 18 heavy (non-hydrogen) atoms. The molecular weight excluding hydrogens is 222 g/mol. The normalized spacial score (nSPS) is 31.0. The smallest absolute Gasteiger partial charge is 0.0698 e. The van der Waals surface area contributed by atoms with Crippen LogP contribution in [-0.2, 0) is 4.74 Å². The summed E-state index contributed by atoms with van der Waals surface area (Å²) >= 11 is 0. The lowest BCUT2D eigenvalue weighted by molar-refractivity contribution is -0.153. The Morgan fingerprint density at radius 1 is 1.11 bits per heavy atom. The summed E-state index contributed by atoms with van der Waals surface area (Å²) in [5.41, 5.74) is 0.256. The summed E-state index contributed by atoms with van der Waals surface area (Å²) in [6, 6.07) is 0. The van der Waals surface area contributed by atoms with Crippen molar-refractivity contribution in [2.45, 2.75) is 83.3 Å². The molecule has 2 heteroatoms. The van der Waals surface area contributed by atoms with Crippen molar-refractivity contribution < 1.29 is 4.74 Å². The first-order chi connectivity index (χ1) is 8.74. The molecule has 0 aromatic rings. The van der Waals surface area contributed by atoms with Crippen molar-refractivity contribution in [3.63, 3.8) is 0 Å². The van der Waals surface area contributed by atoms with Gasteiger partial charge in [-0.1, -0.05) is 13.8 Å². The van der Waals surface area contributed by atoms with Gasteiger partial charge in [-0.2, -0.15) is 0 Å². The molecular formula is C16H31NO. The van der Waals surface area contributed by atoms with E-state index in [-0.39, 0.29) is 5.60 Å². The molecule has 2 saturated carbocycles. The van der Waals surface area contributed by atoms with E-state index in [9.17, 15) is 0 Å². The summed E-state index contributed by atoms with van der Waals surface area (Å²) in [7, 11) is 0. The topological polar surface area (TPSA) is 21.3 Å². The van der Waals surface area contributed by atoms with Crippen LogP contribution < -0.4 is 5.32 Å². The van der Waals surface area contributed by atoms with E-state index in [1.165, 1.54) is 57.8 Å². The fourth-order valence-electron chi connectivity index (χ4n) is 3.32. The van der Waals surface area contributed by atoms with Crippen molar-refractivity contribution in [1.29, 1.82) is 0 Å². The molecule has 0 spiro atoms. The number of hydrogen-bond donors (Lipinski definition) is 1. The third-order valence-corrected chi connectivity index (χ3v) is 4.83. The third-order valence-electron chi connectivity index (χ3n) is 4.83. The highest BCUT2D eigenvalue weighted by atomic mass is 16.5. The molecule has 0 saturated heterocycles. The molecule has 1 N–H and O–H groups in total. The lowest BCUT2D eigenvalue weighted by atomic mass is 9.76. The average Bonchev–Trinajstić information content (AvgIpc) is 2.34. The van der Waals surface area contributed by atoms with Crippen molar-refractivity contribution in [3.05, 3.63) is 0 Å². The van der Waals surface area contributed by atoms with Crippen LogP contribution in [0.25, 0.3) is 0 Å². The van der Waals surface area contributed by atoms with Gasteiger partial charge in [0.15, 0.2) is 0 Å². The second kappa shape index (κ2) is 6.91. The molecule has 0 aromatic carbocycles. The van der Waals surface area contributed by atoms with Crippen LogP contribution in [0.3, 0.4) is 0 Å². The van der Waals surface area contributed by atoms with Crippen molar-refractivity contribution in [3.8, 4) is 0 Å².